The molecule has 0 saturated carbocycles. The van der Waals surface area contributed by atoms with Crippen LogP contribution in [0.15, 0.2) is 265 Å². The molecule has 0 unspecified atom stereocenters. The lowest BCUT2D eigenvalue weighted by Gasteiger charge is -2.30. The smallest absolute Gasteiger partial charge is 0.143 e. The van der Waals surface area contributed by atoms with Crippen molar-refractivity contribution >= 4 is 49.8 Å². The molecule has 0 amide bonds. The highest BCUT2D eigenvalue weighted by molar-refractivity contribution is 6.19. The Morgan fingerprint density at radius 2 is 0.808 bits per heavy atom. The maximum absolute atomic E-state index is 6.56. The topological polar surface area (TPSA) is 16.4 Å². The van der Waals surface area contributed by atoms with Crippen molar-refractivity contribution in [3.8, 4) is 77.9 Å². The van der Waals surface area contributed by atoms with Gasteiger partial charge in [-0.15, -0.1) is 0 Å². The Bertz CT molecular complexity index is 4380. The van der Waals surface area contributed by atoms with Gasteiger partial charge in [0.05, 0.1) is 11.1 Å². The van der Waals surface area contributed by atoms with E-state index >= 15 is 0 Å². The number of anilines is 3. The Labute approximate surface area is 423 Å². The summed E-state index contributed by atoms with van der Waals surface area (Å²) >= 11 is 0. The van der Waals surface area contributed by atoms with Gasteiger partial charge in [0.1, 0.15) is 11.2 Å². The molecule has 12 aromatic carbocycles. The third-order valence-corrected chi connectivity index (χ3v) is 16.3. The van der Waals surface area contributed by atoms with Gasteiger partial charge >= 0.3 is 0 Å². The maximum Gasteiger partial charge on any atom is 0.143 e. The van der Waals surface area contributed by atoms with Gasteiger partial charge in [-0.05, 0) is 136 Å². The van der Waals surface area contributed by atoms with Gasteiger partial charge in [0.2, 0.25) is 0 Å². The molecular formula is C71H43NO. The second-order valence-corrected chi connectivity index (χ2v) is 19.8. The molecule has 0 atom stereocenters. The lowest BCUT2D eigenvalue weighted by atomic mass is 9.70. The summed E-state index contributed by atoms with van der Waals surface area (Å²) in [4.78, 5) is 2.46. The molecule has 338 valence electrons. The summed E-state index contributed by atoms with van der Waals surface area (Å²) in [6.07, 6.45) is 0. The molecule has 0 radical (unpaired) electrons. The zero-order chi connectivity index (χ0) is 47.8. The van der Waals surface area contributed by atoms with Crippen molar-refractivity contribution in [1.82, 2.24) is 0 Å². The van der Waals surface area contributed by atoms with E-state index in [-0.39, 0.29) is 0 Å². The molecule has 1 spiro atoms. The normalized spacial score (nSPS) is 13.0. The van der Waals surface area contributed by atoms with Gasteiger partial charge in [0.25, 0.3) is 0 Å². The van der Waals surface area contributed by atoms with E-state index in [1.54, 1.807) is 0 Å². The standard InChI is InChI=1S/C71H43NO/c1-2-20-51-50(19-1)57-28-15-29-58-52(41-42-59(51)68(57)58)55-23-6-11-35-66(55)72(46-39-37-44(38-40-46)49-27-14-30-60-56-24-7-12-36-67(56)73-70(49)60)47-18-13-17-45(43-47)48-26-16-34-65-69(48)61-25-5-10-33-64(61)71(65)62-31-8-3-21-53(62)54-22-4-9-32-63(54)71/h1-43H. The second kappa shape index (κ2) is 15.3. The first-order valence-electron chi connectivity index (χ1n) is 25.3. The Kier molecular flexibility index (Phi) is 8.41. The molecule has 3 aliphatic rings. The molecule has 1 heterocycles. The molecule has 2 nitrogen and oxygen atoms in total. The Morgan fingerprint density at radius 3 is 1.58 bits per heavy atom. The maximum atomic E-state index is 6.56. The Balaban J connectivity index is 0.898. The third kappa shape index (κ3) is 5.52. The highest BCUT2D eigenvalue weighted by Gasteiger charge is 2.52. The summed E-state index contributed by atoms with van der Waals surface area (Å²) < 4.78 is 6.56. The lowest BCUT2D eigenvalue weighted by Crippen LogP contribution is -2.25. The largest absolute Gasteiger partial charge is 0.455 e. The van der Waals surface area contributed by atoms with E-state index < -0.39 is 5.41 Å². The fourth-order valence-electron chi connectivity index (χ4n) is 13.3. The number of furan rings is 1. The van der Waals surface area contributed by atoms with E-state index in [0.717, 1.165) is 50.1 Å². The average Bonchev–Trinajstić information content (AvgIpc) is 4.25. The Morgan fingerprint density at radius 1 is 0.288 bits per heavy atom. The summed E-state index contributed by atoms with van der Waals surface area (Å²) in [7, 11) is 0. The van der Waals surface area contributed by atoms with Crippen molar-refractivity contribution in [2.45, 2.75) is 5.41 Å². The first kappa shape index (κ1) is 40.3. The van der Waals surface area contributed by atoms with E-state index in [0.29, 0.717) is 0 Å². The van der Waals surface area contributed by atoms with Gasteiger partial charge < -0.3 is 9.32 Å². The van der Waals surface area contributed by atoms with E-state index in [9.17, 15) is 0 Å². The summed E-state index contributed by atoms with van der Waals surface area (Å²) in [6.45, 7) is 0. The van der Waals surface area contributed by atoms with Crippen LogP contribution in [0.3, 0.4) is 0 Å². The first-order valence-corrected chi connectivity index (χ1v) is 25.3. The minimum atomic E-state index is -0.423. The van der Waals surface area contributed by atoms with E-state index in [2.05, 4.69) is 260 Å². The number of rotatable bonds is 6. The van der Waals surface area contributed by atoms with Crippen molar-refractivity contribution in [2.24, 2.45) is 0 Å². The van der Waals surface area contributed by atoms with Crippen LogP contribution in [0, 0.1) is 0 Å². The number of para-hydroxylation sites is 3. The SMILES string of the molecule is c1cc(-c2cccc3c2-c2ccccc2C32c3ccccc3-c3ccccc32)cc(N(c2ccc(-c3cccc4c3oc3ccccc34)cc2)c2ccccc2-c2ccc3c4c(cccc24)-c2ccccc2-3)c1. The van der Waals surface area contributed by atoms with Crippen LogP contribution in [0.2, 0.25) is 0 Å². The van der Waals surface area contributed by atoms with Gasteiger partial charge in [-0.25, -0.2) is 0 Å². The number of nitrogens with zero attached hydrogens (tertiary/aromatic N) is 1. The number of benzene rings is 12. The van der Waals surface area contributed by atoms with Crippen LogP contribution in [-0.2, 0) is 5.41 Å². The fraction of sp³-hybridized carbons (Fsp3) is 0.0141. The molecule has 0 saturated heterocycles. The predicted octanol–water partition coefficient (Wildman–Crippen LogP) is 19.2. The molecular weight excluding hydrogens is 883 g/mol. The van der Waals surface area contributed by atoms with Crippen LogP contribution in [0.5, 0.6) is 0 Å². The summed E-state index contributed by atoms with van der Waals surface area (Å²) in [6, 6.07) is 96.6. The molecule has 2 heteroatoms. The molecule has 13 aromatic rings. The number of fused-ring (bicyclic) bond motifs is 16. The summed E-state index contributed by atoms with van der Waals surface area (Å²) in [5, 5.41) is 4.83. The van der Waals surface area contributed by atoms with Crippen LogP contribution in [-0.4, -0.2) is 0 Å². The van der Waals surface area contributed by atoms with Crippen LogP contribution >= 0.6 is 0 Å². The number of hydrogen-bond donors (Lipinski definition) is 0. The molecule has 0 aliphatic heterocycles. The molecule has 73 heavy (non-hydrogen) atoms. The molecule has 0 fully saturated rings. The van der Waals surface area contributed by atoms with E-state index in [4.69, 9.17) is 4.42 Å². The van der Waals surface area contributed by atoms with Crippen molar-refractivity contribution in [2.75, 3.05) is 4.90 Å². The Hall–Kier alpha value is -9.50. The van der Waals surface area contributed by atoms with Crippen LogP contribution in [0.1, 0.15) is 22.3 Å². The van der Waals surface area contributed by atoms with Gasteiger partial charge in [-0.1, -0.05) is 224 Å². The monoisotopic (exact) mass is 925 g/mol. The minimum absolute atomic E-state index is 0.423. The van der Waals surface area contributed by atoms with Crippen molar-refractivity contribution in [3.05, 3.63) is 283 Å². The lowest BCUT2D eigenvalue weighted by molar-refractivity contribution is 0.670. The molecule has 1 aromatic heterocycles. The van der Waals surface area contributed by atoms with Crippen LogP contribution in [0.4, 0.5) is 17.1 Å². The minimum Gasteiger partial charge on any atom is -0.455 e. The summed E-state index contributed by atoms with van der Waals surface area (Å²) in [5.74, 6) is 0. The van der Waals surface area contributed by atoms with Crippen molar-refractivity contribution in [3.63, 3.8) is 0 Å². The molecule has 0 bridgehead atoms. The molecule has 3 aliphatic carbocycles. The average molecular weight is 926 g/mol. The van der Waals surface area contributed by atoms with E-state index in [1.807, 2.05) is 6.07 Å². The van der Waals surface area contributed by atoms with E-state index in [1.165, 1.54) is 99.8 Å². The highest BCUT2D eigenvalue weighted by Crippen LogP contribution is 2.64. The third-order valence-electron chi connectivity index (χ3n) is 16.3. The fourth-order valence-corrected chi connectivity index (χ4v) is 13.3. The quantitative estimate of drug-likeness (QED) is 0.165. The highest BCUT2D eigenvalue weighted by atomic mass is 16.3. The second-order valence-electron chi connectivity index (χ2n) is 19.8. The first-order chi connectivity index (χ1) is 36.2. The predicted molar refractivity (Wildman–Crippen MR) is 303 cm³/mol. The molecule has 16 rings (SSSR count). The molecule has 0 N–H and O–H groups in total. The zero-order valence-electron chi connectivity index (χ0n) is 39.7. The van der Waals surface area contributed by atoms with Crippen molar-refractivity contribution in [1.29, 1.82) is 0 Å². The number of hydrogen-bond acceptors (Lipinski definition) is 2. The van der Waals surface area contributed by atoms with Gasteiger partial charge in [-0.3, -0.25) is 0 Å². The van der Waals surface area contributed by atoms with Crippen LogP contribution < -0.4 is 4.90 Å². The zero-order valence-corrected chi connectivity index (χ0v) is 39.7. The van der Waals surface area contributed by atoms with Gasteiger partial charge in [-0.2, -0.15) is 0 Å². The van der Waals surface area contributed by atoms with Gasteiger partial charge in [0.15, 0.2) is 0 Å². The van der Waals surface area contributed by atoms with Crippen LogP contribution in [0.25, 0.3) is 111 Å². The van der Waals surface area contributed by atoms with Gasteiger partial charge in [0, 0.05) is 33.3 Å². The summed E-state index contributed by atoms with van der Waals surface area (Å²) in [5.41, 5.74) is 27.3. The van der Waals surface area contributed by atoms with Crippen molar-refractivity contribution < 1.29 is 4.42 Å².